The van der Waals surface area contributed by atoms with Crippen molar-refractivity contribution in [3.8, 4) is 0 Å². The van der Waals surface area contributed by atoms with Crippen LogP contribution in [0, 0.1) is 12.7 Å². The zero-order chi connectivity index (χ0) is 18.6. The molecule has 5 nitrogen and oxygen atoms in total. The Morgan fingerprint density at radius 2 is 2.00 bits per heavy atom. The van der Waals surface area contributed by atoms with Crippen LogP contribution in [-0.4, -0.2) is 50.4 Å². The van der Waals surface area contributed by atoms with E-state index < -0.39 is 0 Å². The molecule has 0 unspecified atom stereocenters. The molecular formula is C21H27FN4O. The Morgan fingerprint density at radius 3 is 2.81 bits per heavy atom. The van der Waals surface area contributed by atoms with Gasteiger partial charge in [-0.25, -0.2) is 9.37 Å². The molecule has 6 heteroatoms. The maximum absolute atomic E-state index is 13.6. The van der Waals surface area contributed by atoms with E-state index in [4.69, 9.17) is 4.74 Å². The van der Waals surface area contributed by atoms with Crippen LogP contribution in [0.25, 0.3) is 0 Å². The van der Waals surface area contributed by atoms with Crippen LogP contribution in [0.3, 0.4) is 0 Å². The lowest BCUT2D eigenvalue weighted by atomic mass is 10.0. The standard InChI is InChI=1S/C21H27FN4O/c1-16-14-23-21(13-20(16)25-8-10-27-11-9-25)24-18-5-3-7-26(15-18)19-6-2-4-17(22)12-19/h2,4,6,12-14,18H,3,5,7-11,15H2,1H3,(H,23,24)/t18-/m1/s1. The predicted octanol–water partition coefficient (Wildman–Crippen LogP) is 3.45. The van der Waals surface area contributed by atoms with E-state index in [1.54, 1.807) is 12.1 Å². The van der Waals surface area contributed by atoms with E-state index in [9.17, 15) is 4.39 Å². The summed E-state index contributed by atoms with van der Waals surface area (Å²) in [5.74, 6) is 0.728. The Hall–Kier alpha value is -2.34. The molecule has 2 aliphatic rings. The Bertz CT molecular complexity index is 779. The lowest BCUT2D eigenvalue weighted by Gasteiger charge is -2.35. The van der Waals surface area contributed by atoms with Gasteiger partial charge in [0.25, 0.3) is 0 Å². The van der Waals surface area contributed by atoms with Crippen LogP contribution < -0.4 is 15.1 Å². The van der Waals surface area contributed by atoms with Gasteiger partial charge in [0.1, 0.15) is 11.6 Å². The van der Waals surface area contributed by atoms with E-state index >= 15 is 0 Å². The van der Waals surface area contributed by atoms with Crippen molar-refractivity contribution in [3.05, 3.63) is 47.9 Å². The topological polar surface area (TPSA) is 40.6 Å². The van der Waals surface area contributed by atoms with Crippen molar-refractivity contribution in [2.75, 3.05) is 54.5 Å². The van der Waals surface area contributed by atoms with Crippen molar-refractivity contribution in [1.82, 2.24) is 4.98 Å². The van der Waals surface area contributed by atoms with Crippen LogP contribution in [0.2, 0.25) is 0 Å². The molecule has 0 aliphatic carbocycles. The molecule has 0 bridgehead atoms. The van der Waals surface area contributed by atoms with Gasteiger partial charge >= 0.3 is 0 Å². The molecule has 2 fully saturated rings. The van der Waals surface area contributed by atoms with Crippen LogP contribution >= 0.6 is 0 Å². The van der Waals surface area contributed by atoms with Gasteiger partial charge < -0.3 is 19.9 Å². The summed E-state index contributed by atoms with van der Waals surface area (Å²) in [6.45, 7) is 7.30. The van der Waals surface area contributed by atoms with Crippen LogP contribution in [0.15, 0.2) is 36.5 Å². The first-order valence-electron chi connectivity index (χ1n) is 9.75. The van der Waals surface area contributed by atoms with Crippen molar-refractivity contribution < 1.29 is 9.13 Å². The van der Waals surface area contributed by atoms with Crippen molar-refractivity contribution in [2.45, 2.75) is 25.8 Å². The van der Waals surface area contributed by atoms with Gasteiger partial charge in [-0.05, 0) is 43.5 Å². The molecule has 0 spiro atoms. The molecule has 144 valence electrons. The van der Waals surface area contributed by atoms with Crippen molar-refractivity contribution in [1.29, 1.82) is 0 Å². The minimum atomic E-state index is -0.182. The number of nitrogens with zero attached hydrogens (tertiary/aromatic N) is 3. The highest BCUT2D eigenvalue weighted by Crippen LogP contribution is 2.26. The maximum atomic E-state index is 13.6. The van der Waals surface area contributed by atoms with Crippen LogP contribution in [-0.2, 0) is 4.74 Å². The van der Waals surface area contributed by atoms with Crippen LogP contribution in [0.1, 0.15) is 18.4 Å². The molecule has 2 aromatic rings. The average Bonchev–Trinajstić information content (AvgIpc) is 2.70. The number of piperidine rings is 1. The van der Waals surface area contributed by atoms with Crippen LogP contribution in [0.5, 0.6) is 0 Å². The summed E-state index contributed by atoms with van der Waals surface area (Å²) in [7, 11) is 0. The molecule has 4 rings (SSSR count). The Labute approximate surface area is 160 Å². The Morgan fingerprint density at radius 1 is 1.15 bits per heavy atom. The van der Waals surface area contributed by atoms with Gasteiger partial charge in [0, 0.05) is 55.9 Å². The number of rotatable bonds is 4. The summed E-state index contributed by atoms with van der Waals surface area (Å²) in [5, 5.41) is 3.60. The lowest BCUT2D eigenvalue weighted by molar-refractivity contribution is 0.122. The quantitative estimate of drug-likeness (QED) is 0.893. The predicted molar refractivity (Wildman–Crippen MR) is 107 cm³/mol. The van der Waals surface area contributed by atoms with E-state index in [0.717, 1.165) is 63.7 Å². The lowest BCUT2D eigenvalue weighted by Crippen LogP contribution is -2.42. The molecule has 2 saturated heterocycles. The molecule has 0 saturated carbocycles. The summed E-state index contributed by atoms with van der Waals surface area (Å²) < 4.78 is 19.0. The van der Waals surface area contributed by atoms with E-state index in [-0.39, 0.29) is 5.82 Å². The first-order chi connectivity index (χ1) is 13.2. The maximum Gasteiger partial charge on any atom is 0.128 e. The van der Waals surface area contributed by atoms with Crippen molar-refractivity contribution in [3.63, 3.8) is 0 Å². The van der Waals surface area contributed by atoms with Crippen molar-refractivity contribution in [2.24, 2.45) is 0 Å². The molecule has 27 heavy (non-hydrogen) atoms. The number of benzene rings is 1. The summed E-state index contributed by atoms with van der Waals surface area (Å²) in [6.07, 6.45) is 4.12. The van der Waals surface area contributed by atoms with Gasteiger partial charge in [0.2, 0.25) is 0 Å². The number of ether oxygens (including phenoxy) is 1. The number of hydrogen-bond acceptors (Lipinski definition) is 5. The highest BCUT2D eigenvalue weighted by molar-refractivity contribution is 5.59. The molecule has 0 amide bonds. The number of hydrogen-bond donors (Lipinski definition) is 1. The monoisotopic (exact) mass is 370 g/mol. The molecule has 1 aromatic heterocycles. The van der Waals surface area contributed by atoms with E-state index in [1.807, 2.05) is 12.3 Å². The number of aromatic nitrogens is 1. The molecule has 0 radical (unpaired) electrons. The first-order valence-corrected chi connectivity index (χ1v) is 9.75. The Kier molecular flexibility index (Phi) is 5.43. The SMILES string of the molecule is Cc1cnc(N[C@@H]2CCCN(c3cccc(F)c3)C2)cc1N1CCOCC1. The molecule has 2 aliphatic heterocycles. The normalized spacial score (nSPS) is 20.6. The molecule has 1 atom stereocenters. The second kappa shape index (κ2) is 8.13. The summed E-state index contributed by atoms with van der Waals surface area (Å²) in [4.78, 5) is 9.21. The van der Waals surface area contributed by atoms with E-state index in [2.05, 4.69) is 33.1 Å². The smallest absolute Gasteiger partial charge is 0.128 e. The number of pyridine rings is 1. The second-order valence-corrected chi connectivity index (χ2v) is 7.36. The third-order valence-electron chi connectivity index (χ3n) is 5.37. The summed E-state index contributed by atoms with van der Waals surface area (Å²) in [6, 6.07) is 9.32. The minimum absolute atomic E-state index is 0.182. The van der Waals surface area contributed by atoms with Gasteiger partial charge in [0.05, 0.1) is 13.2 Å². The summed E-state index contributed by atoms with van der Waals surface area (Å²) >= 11 is 0. The van der Waals surface area contributed by atoms with Gasteiger partial charge in [0.15, 0.2) is 0 Å². The molecule has 1 N–H and O–H groups in total. The van der Waals surface area contributed by atoms with Gasteiger partial charge in [-0.3, -0.25) is 0 Å². The number of anilines is 3. The van der Waals surface area contributed by atoms with Crippen LogP contribution in [0.4, 0.5) is 21.6 Å². The van der Waals surface area contributed by atoms with E-state index in [1.165, 1.54) is 17.3 Å². The zero-order valence-corrected chi connectivity index (χ0v) is 15.8. The third kappa shape index (κ3) is 4.33. The average molecular weight is 370 g/mol. The fourth-order valence-corrected chi connectivity index (χ4v) is 3.95. The zero-order valence-electron chi connectivity index (χ0n) is 15.8. The van der Waals surface area contributed by atoms with Gasteiger partial charge in [-0.2, -0.15) is 0 Å². The Balaban J connectivity index is 1.45. The fourth-order valence-electron chi connectivity index (χ4n) is 3.95. The number of halogens is 1. The highest BCUT2D eigenvalue weighted by atomic mass is 19.1. The number of nitrogens with one attached hydrogen (secondary N) is 1. The largest absolute Gasteiger partial charge is 0.378 e. The fraction of sp³-hybridized carbons (Fsp3) is 0.476. The van der Waals surface area contributed by atoms with Gasteiger partial charge in [-0.15, -0.1) is 0 Å². The van der Waals surface area contributed by atoms with E-state index in [0.29, 0.717) is 6.04 Å². The summed E-state index contributed by atoms with van der Waals surface area (Å²) in [5.41, 5.74) is 3.37. The van der Waals surface area contributed by atoms with Gasteiger partial charge in [-0.1, -0.05) is 6.07 Å². The molecule has 1 aromatic carbocycles. The highest BCUT2D eigenvalue weighted by Gasteiger charge is 2.21. The minimum Gasteiger partial charge on any atom is -0.378 e. The van der Waals surface area contributed by atoms with Crippen molar-refractivity contribution >= 4 is 17.2 Å². The number of morpholine rings is 1. The first kappa shape index (κ1) is 18.0. The number of aryl methyl sites for hydroxylation is 1. The second-order valence-electron chi connectivity index (χ2n) is 7.36. The molecular weight excluding hydrogens is 343 g/mol. The molecule has 3 heterocycles. The third-order valence-corrected chi connectivity index (χ3v) is 5.37.